The zero-order chi connectivity index (χ0) is 22.8. The van der Waals surface area contributed by atoms with Crippen molar-refractivity contribution < 1.29 is 9.59 Å². The quantitative estimate of drug-likeness (QED) is 0.644. The second kappa shape index (κ2) is 8.82. The molecule has 2 aromatic carbocycles. The molecule has 1 aromatic heterocycles. The number of carbonyl (C=O) groups excluding carboxylic acids is 2. The summed E-state index contributed by atoms with van der Waals surface area (Å²) in [5.41, 5.74) is 11.1. The number of anilines is 2. The largest absolute Gasteiger partial charge is 0.371 e. The van der Waals surface area contributed by atoms with Crippen LogP contribution in [0.5, 0.6) is 0 Å². The predicted octanol–water partition coefficient (Wildman–Crippen LogP) is 3.15. The lowest BCUT2D eigenvalue weighted by Gasteiger charge is -2.32. The van der Waals surface area contributed by atoms with E-state index in [0.29, 0.717) is 17.1 Å². The van der Waals surface area contributed by atoms with Crippen LogP contribution in [0.4, 0.5) is 11.4 Å². The molecule has 3 N–H and O–H groups in total. The zero-order valence-corrected chi connectivity index (χ0v) is 18.6. The summed E-state index contributed by atoms with van der Waals surface area (Å²) >= 11 is 0. The summed E-state index contributed by atoms with van der Waals surface area (Å²) in [6, 6.07) is 13.7. The van der Waals surface area contributed by atoms with Gasteiger partial charge in [0.05, 0.1) is 11.4 Å². The summed E-state index contributed by atoms with van der Waals surface area (Å²) < 4.78 is 0. The predicted molar refractivity (Wildman–Crippen MR) is 124 cm³/mol. The fraction of sp³-hybridized carbons (Fsp3) is 0.333. The van der Waals surface area contributed by atoms with E-state index in [-0.39, 0.29) is 17.7 Å². The average molecular weight is 433 g/mol. The second-order valence-electron chi connectivity index (χ2n) is 8.38. The molecule has 0 radical (unpaired) electrons. The third-order valence-electron chi connectivity index (χ3n) is 5.95. The van der Waals surface area contributed by atoms with Crippen LogP contribution in [-0.4, -0.2) is 39.9 Å². The van der Waals surface area contributed by atoms with Crippen molar-refractivity contribution in [3.8, 4) is 5.69 Å². The Morgan fingerprint density at radius 2 is 1.69 bits per heavy atom. The Morgan fingerprint density at radius 1 is 1.00 bits per heavy atom. The van der Waals surface area contributed by atoms with Crippen molar-refractivity contribution in [3.05, 3.63) is 65.0 Å². The van der Waals surface area contributed by atoms with Crippen LogP contribution in [0.2, 0.25) is 0 Å². The topological polar surface area (TPSA) is 106 Å². The number of nitrogens with one attached hydrogen (secondary N) is 1. The van der Waals surface area contributed by atoms with Crippen LogP contribution in [0.15, 0.2) is 42.5 Å². The molecule has 32 heavy (non-hydrogen) atoms. The van der Waals surface area contributed by atoms with Crippen LogP contribution in [0.3, 0.4) is 0 Å². The van der Waals surface area contributed by atoms with Gasteiger partial charge in [0, 0.05) is 30.4 Å². The number of nitrogens with two attached hydrogens (primary N) is 1. The van der Waals surface area contributed by atoms with Crippen LogP contribution < -0.4 is 16.0 Å². The number of aryl methyl sites for hydroxylation is 3. The Kier molecular flexibility index (Phi) is 5.94. The minimum atomic E-state index is -0.298. The zero-order valence-electron chi connectivity index (χ0n) is 18.6. The number of amides is 2. The Labute approximate surface area is 187 Å². The first-order chi connectivity index (χ1) is 15.3. The first kappa shape index (κ1) is 21.5. The van der Waals surface area contributed by atoms with Gasteiger partial charge >= 0.3 is 0 Å². The number of benzene rings is 2. The van der Waals surface area contributed by atoms with Gasteiger partial charge in [-0.2, -0.15) is 9.90 Å². The van der Waals surface area contributed by atoms with Gasteiger partial charge in [0.2, 0.25) is 5.91 Å². The fourth-order valence-electron chi connectivity index (χ4n) is 4.09. The molecule has 2 heterocycles. The van der Waals surface area contributed by atoms with Gasteiger partial charge in [-0.3, -0.25) is 9.59 Å². The third kappa shape index (κ3) is 4.49. The molecule has 0 aliphatic carbocycles. The molecule has 2 amide bonds. The highest BCUT2D eigenvalue weighted by Crippen LogP contribution is 2.25. The molecule has 3 aromatic rings. The van der Waals surface area contributed by atoms with E-state index >= 15 is 0 Å². The molecular weight excluding hydrogens is 404 g/mol. The maximum absolute atomic E-state index is 12.8. The minimum absolute atomic E-state index is 0.0369. The van der Waals surface area contributed by atoms with Gasteiger partial charge in [0.25, 0.3) is 5.91 Å². The van der Waals surface area contributed by atoms with Crippen LogP contribution in [0, 0.1) is 26.7 Å². The lowest BCUT2D eigenvalue weighted by molar-refractivity contribution is -0.122. The van der Waals surface area contributed by atoms with E-state index in [1.165, 1.54) is 4.80 Å². The summed E-state index contributed by atoms with van der Waals surface area (Å²) in [5, 5.41) is 11.8. The fourth-order valence-corrected chi connectivity index (χ4v) is 4.09. The molecule has 0 atom stereocenters. The molecule has 0 bridgehead atoms. The lowest BCUT2D eigenvalue weighted by atomic mass is 9.96. The smallest absolute Gasteiger partial charge is 0.278 e. The summed E-state index contributed by atoms with van der Waals surface area (Å²) in [5.74, 6) is -0.550. The molecule has 0 unspecified atom stereocenters. The van der Waals surface area contributed by atoms with Crippen molar-refractivity contribution in [1.82, 2.24) is 15.0 Å². The summed E-state index contributed by atoms with van der Waals surface area (Å²) in [7, 11) is 0. The summed E-state index contributed by atoms with van der Waals surface area (Å²) in [6.45, 7) is 7.39. The van der Waals surface area contributed by atoms with Crippen molar-refractivity contribution in [1.29, 1.82) is 0 Å². The Bertz CT molecular complexity index is 1140. The van der Waals surface area contributed by atoms with Gasteiger partial charge in [-0.25, -0.2) is 0 Å². The first-order valence-electron chi connectivity index (χ1n) is 10.8. The first-order valence-corrected chi connectivity index (χ1v) is 10.8. The third-order valence-corrected chi connectivity index (χ3v) is 5.95. The highest BCUT2D eigenvalue weighted by atomic mass is 16.2. The average Bonchev–Trinajstić information content (AvgIpc) is 3.15. The van der Waals surface area contributed by atoms with Gasteiger partial charge in [0.15, 0.2) is 5.69 Å². The lowest BCUT2D eigenvalue weighted by Crippen LogP contribution is -2.38. The SMILES string of the molecule is Cc1ccc(-n2nc(C)c(C(=O)Nc3ccc(N4CCC(C(N)=O)CC4)cc3)n2)c(C)c1. The normalized spacial score (nSPS) is 14.4. The van der Waals surface area contributed by atoms with E-state index in [4.69, 9.17) is 5.73 Å². The number of nitrogens with zero attached hydrogens (tertiary/aromatic N) is 4. The number of rotatable bonds is 5. The van der Waals surface area contributed by atoms with Gasteiger partial charge in [-0.05, 0) is 69.5 Å². The van der Waals surface area contributed by atoms with Gasteiger partial charge < -0.3 is 16.0 Å². The number of primary amides is 1. The molecule has 1 aliphatic rings. The van der Waals surface area contributed by atoms with Gasteiger partial charge in [-0.15, -0.1) is 5.10 Å². The van der Waals surface area contributed by atoms with Crippen molar-refractivity contribution in [2.75, 3.05) is 23.3 Å². The van der Waals surface area contributed by atoms with E-state index in [9.17, 15) is 9.59 Å². The molecule has 8 heteroatoms. The highest BCUT2D eigenvalue weighted by molar-refractivity contribution is 6.03. The number of carbonyl (C=O) groups is 2. The molecule has 8 nitrogen and oxygen atoms in total. The van der Waals surface area contributed by atoms with Crippen LogP contribution >= 0.6 is 0 Å². The molecule has 0 saturated carbocycles. The molecule has 1 saturated heterocycles. The molecule has 1 fully saturated rings. The summed E-state index contributed by atoms with van der Waals surface area (Å²) in [4.78, 5) is 27.9. The van der Waals surface area contributed by atoms with Crippen LogP contribution in [0.1, 0.15) is 40.2 Å². The van der Waals surface area contributed by atoms with Crippen molar-refractivity contribution >= 4 is 23.2 Å². The van der Waals surface area contributed by atoms with Gasteiger partial charge in [-0.1, -0.05) is 17.7 Å². The van der Waals surface area contributed by atoms with Crippen LogP contribution in [-0.2, 0) is 4.79 Å². The Balaban J connectivity index is 1.43. The Morgan fingerprint density at radius 3 is 2.31 bits per heavy atom. The maximum atomic E-state index is 12.8. The number of hydrogen-bond acceptors (Lipinski definition) is 5. The molecule has 0 spiro atoms. The van der Waals surface area contributed by atoms with Crippen molar-refractivity contribution in [2.45, 2.75) is 33.6 Å². The Hall–Kier alpha value is -3.68. The standard InChI is InChI=1S/C24H28N6O2/c1-15-4-9-21(16(2)14-15)30-27-17(3)22(28-30)24(32)26-19-5-7-20(8-6-19)29-12-10-18(11-13-29)23(25)31/h4-9,14,18H,10-13H2,1-3H3,(H2,25,31)(H,26,32). The van der Waals surface area contributed by atoms with Crippen LogP contribution in [0.25, 0.3) is 5.69 Å². The number of aromatic nitrogens is 3. The second-order valence-corrected chi connectivity index (χ2v) is 8.38. The molecule has 166 valence electrons. The van der Waals surface area contributed by atoms with E-state index in [1.807, 2.05) is 50.2 Å². The van der Waals surface area contributed by atoms with E-state index in [0.717, 1.165) is 48.4 Å². The monoisotopic (exact) mass is 432 g/mol. The molecule has 4 rings (SSSR count). The maximum Gasteiger partial charge on any atom is 0.278 e. The summed E-state index contributed by atoms with van der Waals surface area (Å²) in [6.07, 6.45) is 1.53. The van der Waals surface area contributed by atoms with Crippen molar-refractivity contribution in [3.63, 3.8) is 0 Å². The molecule has 1 aliphatic heterocycles. The van der Waals surface area contributed by atoms with Crippen molar-refractivity contribution in [2.24, 2.45) is 11.7 Å². The minimum Gasteiger partial charge on any atom is -0.371 e. The highest BCUT2D eigenvalue weighted by Gasteiger charge is 2.23. The number of piperidine rings is 1. The van der Waals surface area contributed by atoms with Gasteiger partial charge in [0.1, 0.15) is 0 Å². The van der Waals surface area contributed by atoms with E-state index in [2.05, 4.69) is 26.5 Å². The number of hydrogen-bond donors (Lipinski definition) is 2. The molecular formula is C24H28N6O2. The van der Waals surface area contributed by atoms with E-state index < -0.39 is 0 Å². The van der Waals surface area contributed by atoms with E-state index in [1.54, 1.807) is 6.92 Å².